The van der Waals surface area contributed by atoms with Crippen LogP contribution in [0.2, 0.25) is 5.02 Å². The first-order chi connectivity index (χ1) is 9.97. The minimum atomic E-state index is -0.203. The molecule has 0 spiro atoms. The zero-order valence-corrected chi connectivity index (χ0v) is 12.9. The predicted molar refractivity (Wildman–Crippen MR) is 83.3 cm³/mol. The maximum Gasteiger partial charge on any atom is 0.221 e. The summed E-state index contributed by atoms with van der Waals surface area (Å²) in [6.45, 7) is 3.42. The van der Waals surface area contributed by atoms with Gasteiger partial charge in [-0.1, -0.05) is 11.6 Å². The van der Waals surface area contributed by atoms with Gasteiger partial charge in [-0.25, -0.2) is 4.98 Å². The van der Waals surface area contributed by atoms with Gasteiger partial charge < -0.3 is 5.32 Å². The Hall–Kier alpha value is -1.98. The molecule has 1 aliphatic rings. The Balaban J connectivity index is 2.01. The van der Waals surface area contributed by atoms with Crippen LogP contribution in [0, 0.1) is 6.92 Å². The van der Waals surface area contributed by atoms with Gasteiger partial charge in [0.25, 0.3) is 0 Å². The van der Waals surface area contributed by atoms with E-state index in [1.54, 1.807) is 38.1 Å². The molecule has 3 rings (SSSR count). The second-order valence-corrected chi connectivity index (χ2v) is 6.34. The maximum atomic E-state index is 12.5. The van der Waals surface area contributed by atoms with Crippen molar-refractivity contribution in [1.82, 2.24) is 4.98 Å². The molecule has 6 heteroatoms. The van der Waals surface area contributed by atoms with Gasteiger partial charge in [0.2, 0.25) is 11.6 Å². The summed E-state index contributed by atoms with van der Waals surface area (Å²) in [5.74, 6) is -0.395. The van der Waals surface area contributed by atoms with Crippen molar-refractivity contribution in [2.24, 2.45) is 0 Å². The van der Waals surface area contributed by atoms with E-state index in [1.807, 2.05) is 0 Å². The van der Waals surface area contributed by atoms with Crippen molar-refractivity contribution in [1.29, 1.82) is 0 Å². The molecule has 1 aromatic carbocycles. The molecule has 21 heavy (non-hydrogen) atoms. The van der Waals surface area contributed by atoms with E-state index in [9.17, 15) is 9.59 Å². The number of benzene rings is 1. The largest absolute Gasteiger partial charge is 0.352 e. The highest BCUT2D eigenvalue weighted by Crippen LogP contribution is 2.30. The normalized spacial score (nSPS) is 14.4. The van der Waals surface area contributed by atoms with E-state index in [1.165, 1.54) is 11.3 Å². The summed E-state index contributed by atoms with van der Waals surface area (Å²) in [6.07, 6.45) is 0. The Bertz CT molecular complexity index is 791. The second-order valence-electron chi connectivity index (χ2n) is 4.70. The minimum Gasteiger partial charge on any atom is -0.352 e. The number of carbonyl (C=O) groups excluding carboxylic acids is 2. The molecule has 0 atom stereocenters. The van der Waals surface area contributed by atoms with Gasteiger partial charge in [-0.05, 0) is 38.1 Å². The first-order valence-electron chi connectivity index (χ1n) is 6.27. The number of thiazole rings is 1. The quantitative estimate of drug-likeness (QED) is 0.913. The number of allylic oxidation sites excluding steroid dienone is 2. The summed E-state index contributed by atoms with van der Waals surface area (Å²) in [5.41, 5.74) is 1.66. The Morgan fingerprint density at radius 2 is 1.76 bits per heavy atom. The van der Waals surface area contributed by atoms with Crippen molar-refractivity contribution >= 4 is 40.2 Å². The predicted octanol–water partition coefficient (Wildman–Crippen LogP) is 3.87. The van der Waals surface area contributed by atoms with E-state index in [4.69, 9.17) is 11.6 Å². The Morgan fingerprint density at radius 3 is 2.43 bits per heavy atom. The summed E-state index contributed by atoms with van der Waals surface area (Å²) in [6, 6.07) is 6.95. The first-order valence-corrected chi connectivity index (χ1v) is 7.47. The lowest BCUT2D eigenvalue weighted by atomic mass is 9.97. The molecule has 0 saturated heterocycles. The molecule has 4 nitrogen and oxygen atoms in total. The topological polar surface area (TPSA) is 59.1 Å². The van der Waals surface area contributed by atoms with Crippen LogP contribution in [0.3, 0.4) is 0 Å². The number of aromatic nitrogens is 1. The molecule has 0 radical (unpaired) electrons. The van der Waals surface area contributed by atoms with Crippen LogP contribution in [0.1, 0.15) is 32.1 Å². The van der Waals surface area contributed by atoms with Crippen molar-refractivity contribution in [2.45, 2.75) is 13.8 Å². The van der Waals surface area contributed by atoms with Crippen molar-refractivity contribution in [3.8, 4) is 0 Å². The summed E-state index contributed by atoms with van der Waals surface area (Å²) < 4.78 is 0. The molecule has 1 heterocycles. The van der Waals surface area contributed by atoms with Crippen LogP contribution in [-0.4, -0.2) is 16.6 Å². The highest BCUT2D eigenvalue weighted by Gasteiger charge is 2.33. The fraction of sp³-hybridized carbons (Fsp3) is 0.133. The lowest BCUT2D eigenvalue weighted by Crippen LogP contribution is -2.24. The highest BCUT2D eigenvalue weighted by molar-refractivity contribution is 7.14. The number of nitrogens with one attached hydrogen (secondary N) is 1. The van der Waals surface area contributed by atoms with Crippen LogP contribution in [0.25, 0.3) is 0 Å². The highest BCUT2D eigenvalue weighted by atomic mass is 35.5. The fourth-order valence-electron chi connectivity index (χ4n) is 2.14. The second kappa shape index (κ2) is 5.09. The molecular weight excluding hydrogens is 308 g/mol. The number of hydrogen-bond donors (Lipinski definition) is 1. The molecule has 0 amide bonds. The number of anilines is 1. The third-order valence-electron chi connectivity index (χ3n) is 3.21. The van der Waals surface area contributed by atoms with Gasteiger partial charge in [0.1, 0.15) is 10.6 Å². The average Bonchev–Trinajstić information content (AvgIpc) is 2.85. The smallest absolute Gasteiger partial charge is 0.221 e. The van der Waals surface area contributed by atoms with E-state index in [2.05, 4.69) is 10.3 Å². The molecule has 0 bridgehead atoms. The van der Waals surface area contributed by atoms with Crippen molar-refractivity contribution in [3.63, 3.8) is 0 Å². The maximum absolute atomic E-state index is 12.5. The number of Topliss-reactive ketones (excluding diaryl/α,β-unsaturated/α-hetero) is 2. The van der Waals surface area contributed by atoms with Crippen LogP contribution in [-0.2, 0) is 0 Å². The van der Waals surface area contributed by atoms with Crippen LogP contribution >= 0.6 is 22.9 Å². The van der Waals surface area contributed by atoms with E-state index < -0.39 is 0 Å². The van der Waals surface area contributed by atoms with Crippen molar-refractivity contribution < 1.29 is 9.59 Å². The standard InChI is InChI=1S/C15H11ClN2O2S/c1-7-11(18-10-5-3-9(16)4-6-10)14(20)15-12(13(7)19)17-8(2)21-15/h3-6,18H,1-2H3. The van der Waals surface area contributed by atoms with Crippen LogP contribution in [0.15, 0.2) is 35.5 Å². The fourth-order valence-corrected chi connectivity index (χ4v) is 3.13. The number of aryl methyl sites for hydroxylation is 1. The van der Waals surface area contributed by atoms with E-state index in [-0.39, 0.29) is 17.3 Å². The van der Waals surface area contributed by atoms with Crippen LogP contribution < -0.4 is 5.32 Å². The monoisotopic (exact) mass is 318 g/mol. The number of fused-ring (bicyclic) bond motifs is 1. The van der Waals surface area contributed by atoms with Crippen LogP contribution in [0.4, 0.5) is 5.69 Å². The Morgan fingerprint density at radius 1 is 1.10 bits per heavy atom. The molecule has 0 aliphatic heterocycles. The zero-order chi connectivity index (χ0) is 15.1. The molecule has 0 saturated carbocycles. The molecule has 0 unspecified atom stereocenters. The molecular formula is C15H11ClN2O2S. The van der Waals surface area contributed by atoms with E-state index >= 15 is 0 Å². The molecule has 2 aromatic rings. The molecule has 1 aromatic heterocycles. The van der Waals surface area contributed by atoms with Gasteiger partial charge in [0.05, 0.1) is 10.7 Å². The lowest BCUT2D eigenvalue weighted by Gasteiger charge is -2.17. The SMILES string of the molecule is CC1=C(Nc2ccc(Cl)cc2)C(=O)c2sc(C)nc2C1=O. The number of carbonyl (C=O) groups is 2. The summed E-state index contributed by atoms with van der Waals surface area (Å²) in [4.78, 5) is 29.4. The van der Waals surface area contributed by atoms with Gasteiger partial charge in [-0.3, -0.25) is 9.59 Å². The Labute approximate surface area is 130 Å². The summed E-state index contributed by atoms with van der Waals surface area (Å²) >= 11 is 7.08. The number of ketones is 2. The van der Waals surface area contributed by atoms with Crippen LogP contribution in [0.5, 0.6) is 0 Å². The minimum absolute atomic E-state index is 0.192. The number of hydrogen-bond acceptors (Lipinski definition) is 5. The van der Waals surface area contributed by atoms with Gasteiger partial charge in [0, 0.05) is 16.3 Å². The number of nitrogens with zero attached hydrogens (tertiary/aromatic N) is 1. The van der Waals surface area contributed by atoms with Gasteiger partial charge in [0.15, 0.2) is 0 Å². The first kappa shape index (κ1) is 14.0. The third-order valence-corrected chi connectivity index (χ3v) is 4.43. The molecule has 0 fully saturated rings. The van der Waals surface area contributed by atoms with Crippen molar-refractivity contribution in [3.05, 3.63) is 56.1 Å². The van der Waals surface area contributed by atoms with Gasteiger partial charge >= 0.3 is 0 Å². The lowest BCUT2D eigenvalue weighted by molar-refractivity contribution is 0.0976. The average molecular weight is 319 g/mol. The van der Waals surface area contributed by atoms with Gasteiger partial charge in [-0.2, -0.15) is 0 Å². The Kier molecular flexibility index (Phi) is 3.39. The molecule has 1 N–H and O–H groups in total. The molecule has 1 aliphatic carbocycles. The van der Waals surface area contributed by atoms with Gasteiger partial charge in [-0.15, -0.1) is 11.3 Å². The molecule has 106 valence electrons. The third kappa shape index (κ3) is 2.39. The zero-order valence-electron chi connectivity index (χ0n) is 11.4. The van der Waals surface area contributed by atoms with E-state index in [0.29, 0.717) is 31.9 Å². The summed E-state index contributed by atoms with van der Waals surface area (Å²) in [5, 5.41) is 4.34. The number of rotatable bonds is 2. The number of halogens is 1. The van der Waals surface area contributed by atoms with E-state index in [0.717, 1.165) is 0 Å². The summed E-state index contributed by atoms with van der Waals surface area (Å²) in [7, 11) is 0. The van der Waals surface area contributed by atoms with Crippen molar-refractivity contribution in [2.75, 3.05) is 5.32 Å².